The first-order valence-electron chi connectivity index (χ1n) is 10.2. The van der Waals surface area contributed by atoms with E-state index < -0.39 is 0 Å². The molecule has 1 amide bonds. The number of benzene rings is 2. The lowest BCUT2D eigenvalue weighted by Gasteiger charge is -2.27. The quantitative estimate of drug-likeness (QED) is 0.620. The molecule has 0 radical (unpaired) electrons. The monoisotopic (exact) mass is 404 g/mol. The summed E-state index contributed by atoms with van der Waals surface area (Å²) in [6.07, 6.45) is 3.04. The van der Waals surface area contributed by atoms with Crippen LogP contribution in [-0.4, -0.2) is 5.91 Å². The standard InChI is InChI=1S/C24H24N2O2S/c1-15-7-12-19-20(13-15)29-24-21(19)23(27)25-22(26-24)17-8-10-18(11-9-17)28-14-16-5-3-2-4-6-16/h2-6,8-11,15,22,26H,7,12-14H2,1H3,(H,25,27)/t15-,22-/m0/s1. The van der Waals surface area contributed by atoms with Gasteiger partial charge in [-0.1, -0.05) is 49.4 Å². The van der Waals surface area contributed by atoms with Crippen LogP contribution in [0.15, 0.2) is 54.6 Å². The second-order valence-corrected chi connectivity index (χ2v) is 9.06. The van der Waals surface area contributed by atoms with Gasteiger partial charge in [-0.3, -0.25) is 4.79 Å². The van der Waals surface area contributed by atoms with Crippen molar-refractivity contribution in [1.29, 1.82) is 0 Å². The summed E-state index contributed by atoms with van der Waals surface area (Å²) >= 11 is 1.76. The highest BCUT2D eigenvalue weighted by atomic mass is 32.1. The van der Waals surface area contributed by atoms with Crippen molar-refractivity contribution in [2.45, 2.75) is 39.0 Å². The molecule has 2 N–H and O–H groups in total. The van der Waals surface area contributed by atoms with Crippen LogP contribution >= 0.6 is 11.3 Å². The van der Waals surface area contributed by atoms with Crippen molar-refractivity contribution in [2.75, 3.05) is 5.32 Å². The lowest BCUT2D eigenvalue weighted by Crippen LogP contribution is -2.38. The van der Waals surface area contributed by atoms with E-state index in [9.17, 15) is 4.79 Å². The van der Waals surface area contributed by atoms with Crippen molar-refractivity contribution >= 4 is 22.2 Å². The minimum Gasteiger partial charge on any atom is -0.489 e. The molecule has 3 aromatic rings. The molecule has 0 spiro atoms. The molecular weight excluding hydrogens is 380 g/mol. The first kappa shape index (κ1) is 18.3. The van der Waals surface area contributed by atoms with Gasteiger partial charge in [0.25, 0.3) is 5.91 Å². The zero-order valence-corrected chi connectivity index (χ0v) is 17.2. The zero-order chi connectivity index (χ0) is 19.8. The number of nitrogens with one attached hydrogen (secondary N) is 2. The van der Waals surface area contributed by atoms with Gasteiger partial charge in [0.05, 0.1) is 5.56 Å². The molecule has 2 aromatic carbocycles. The molecule has 1 aliphatic carbocycles. The van der Waals surface area contributed by atoms with E-state index >= 15 is 0 Å². The van der Waals surface area contributed by atoms with Gasteiger partial charge < -0.3 is 15.4 Å². The summed E-state index contributed by atoms with van der Waals surface area (Å²) < 4.78 is 5.87. The predicted octanol–water partition coefficient (Wildman–Crippen LogP) is 5.31. The highest BCUT2D eigenvalue weighted by molar-refractivity contribution is 7.16. The molecule has 4 nitrogen and oxygen atoms in total. The van der Waals surface area contributed by atoms with Crippen LogP contribution in [0.25, 0.3) is 0 Å². The fraction of sp³-hybridized carbons (Fsp3) is 0.292. The van der Waals surface area contributed by atoms with Crippen LogP contribution in [0.1, 0.15) is 51.4 Å². The largest absolute Gasteiger partial charge is 0.489 e. The lowest BCUT2D eigenvalue weighted by atomic mass is 9.88. The number of carbonyl (C=O) groups is 1. The van der Waals surface area contributed by atoms with Crippen LogP contribution in [-0.2, 0) is 19.4 Å². The van der Waals surface area contributed by atoms with E-state index in [1.807, 2.05) is 42.5 Å². The normalized spacial score (nSPS) is 20.2. The van der Waals surface area contributed by atoms with Crippen LogP contribution in [0, 0.1) is 5.92 Å². The second-order valence-electron chi connectivity index (χ2n) is 7.95. The Balaban J connectivity index is 1.30. The molecule has 0 saturated heterocycles. The number of thiophene rings is 1. The third-order valence-corrected chi connectivity index (χ3v) is 6.94. The maximum Gasteiger partial charge on any atom is 0.256 e. The molecule has 1 aromatic heterocycles. The number of fused-ring (bicyclic) bond motifs is 3. The minimum atomic E-state index is -0.212. The second kappa shape index (κ2) is 7.56. The van der Waals surface area contributed by atoms with E-state index in [-0.39, 0.29) is 12.1 Å². The summed E-state index contributed by atoms with van der Waals surface area (Å²) in [6.45, 7) is 2.83. The molecule has 1 aliphatic heterocycles. The summed E-state index contributed by atoms with van der Waals surface area (Å²) in [5.74, 6) is 1.56. The Kier molecular flexibility index (Phi) is 4.76. The lowest BCUT2D eigenvalue weighted by molar-refractivity contribution is 0.0935. The van der Waals surface area contributed by atoms with Crippen LogP contribution < -0.4 is 15.4 Å². The van der Waals surface area contributed by atoms with Crippen molar-refractivity contribution in [1.82, 2.24) is 5.32 Å². The van der Waals surface area contributed by atoms with Crippen molar-refractivity contribution in [3.63, 3.8) is 0 Å². The number of carbonyl (C=O) groups excluding carboxylic acids is 1. The van der Waals surface area contributed by atoms with Gasteiger partial charge in [0.15, 0.2) is 0 Å². The molecule has 0 bridgehead atoms. The van der Waals surface area contributed by atoms with E-state index in [1.54, 1.807) is 11.3 Å². The molecule has 2 heterocycles. The number of ether oxygens (including phenoxy) is 1. The molecule has 29 heavy (non-hydrogen) atoms. The highest BCUT2D eigenvalue weighted by Gasteiger charge is 2.33. The highest BCUT2D eigenvalue weighted by Crippen LogP contribution is 2.42. The molecule has 2 atom stereocenters. The smallest absolute Gasteiger partial charge is 0.256 e. The Hall–Kier alpha value is -2.79. The number of hydrogen-bond donors (Lipinski definition) is 2. The Morgan fingerprint density at radius 1 is 1.07 bits per heavy atom. The summed E-state index contributed by atoms with van der Waals surface area (Å²) in [6, 6.07) is 18.1. The third-order valence-electron chi connectivity index (χ3n) is 5.75. The SMILES string of the molecule is C[C@H]1CCc2c(sc3c2C(=O)N[C@H](c2ccc(OCc4ccccc4)cc2)N3)C1. The van der Waals surface area contributed by atoms with Crippen LogP contribution in [0.5, 0.6) is 5.75 Å². The zero-order valence-electron chi connectivity index (χ0n) is 16.4. The van der Waals surface area contributed by atoms with Gasteiger partial charge in [-0.2, -0.15) is 0 Å². The maximum absolute atomic E-state index is 12.8. The van der Waals surface area contributed by atoms with Crippen LogP contribution in [0.4, 0.5) is 5.00 Å². The summed E-state index contributed by atoms with van der Waals surface area (Å²) in [5, 5.41) is 7.68. The third kappa shape index (κ3) is 3.62. The molecule has 0 saturated carbocycles. The molecule has 0 fully saturated rings. The van der Waals surface area contributed by atoms with Gasteiger partial charge in [-0.15, -0.1) is 11.3 Å². The number of hydrogen-bond acceptors (Lipinski definition) is 4. The van der Waals surface area contributed by atoms with Gasteiger partial charge >= 0.3 is 0 Å². The minimum absolute atomic E-state index is 0.0419. The van der Waals surface area contributed by atoms with Crippen LogP contribution in [0.3, 0.4) is 0 Å². The Morgan fingerprint density at radius 3 is 2.66 bits per heavy atom. The Morgan fingerprint density at radius 2 is 1.86 bits per heavy atom. The van der Waals surface area contributed by atoms with E-state index in [1.165, 1.54) is 10.4 Å². The van der Waals surface area contributed by atoms with Gasteiger partial charge in [-0.25, -0.2) is 0 Å². The van der Waals surface area contributed by atoms with Crippen molar-refractivity contribution < 1.29 is 9.53 Å². The number of anilines is 1. The van der Waals surface area contributed by atoms with Gasteiger partial charge in [0, 0.05) is 4.88 Å². The van der Waals surface area contributed by atoms with E-state index in [4.69, 9.17) is 4.74 Å². The van der Waals surface area contributed by atoms with Crippen molar-refractivity contribution in [3.8, 4) is 5.75 Å². The van der Waals surface area contributed by atoms with Gasteiger partial charge in [0.2, 0.25) is 0 Å². The number of amides is 1. The van der Waals surface area contributed by atoms with Crippen molar-refractivity contribution in [3.05, 3.63) is 81.7 Å². The summed E-state index contributed by atoms with van der Waals surface area (Å²) in [5.41, 5.74) is 4.30. The molecule has 148 valence electrons. The van der Waals surface area contributed by atoms with Crippen molar-refractivity contribution in [2.24, 2.45) is 5.92 Å². The molecule has 5 rings (SSSR count). The summed E-state index contributed by atoms with van der Waals surface area (Å²) in [7, 11) is 0. The van der Waals surface area contributed by atoms with E-state index in [0.29, 0.717) is 12.5 Å². The Labute approximate surface area is 174 Å². The maximum atomic E-state index is 12.8. The van der Waals surface area contributed by atoms with Gasteiger partial charge in [-0.05, 0) is 54.0 Å². The van der Waals surface area contributed by atoms with Crippen LogP contribution in [0.2, 0.25) is 0 Å². The fourth-order valence-electron chi connectivity index (χ4n) is 4.13. The van der Waals surface area contributed by atoms with E-state index in [2.05, 4.69) is 29.7 Å². The summed E-state index contributed by atoms with van der Waals surface area (Å²) in [4.78, 5) is 14.2. The topological polar surface area (TPSA) is 50.4 Å². The average molecular weight is 405 g/mol. The first-order valence-corrected chi connectivity index (χ1v) is 11.0. The Bertz CT molecular complexity index is 1030. The molecular formula is C24H24N2O2S. The predicted molar refractivity (Wildman–Crippen MR) is 117 cm³/mol. The molecule has 5 heteroatoms. The molecule has 2 aliphatic rings. The average Bonchev–Trinajstić information content (AvgIpc) is 3.11. The molecule has 0 unspecified atom stereocenters. The van der Waals surface area contributed by atoms with Gasteiger partial charge in [0.1, 0.15) is 23.5 Å². The van der Waals surface area contributed by atoms with E-state index in [0.717, 1.165) is 46.7 Å². The number of rotatable bonds is 4. The first-order chi connectivity index (χ1) is 14.2. The fourth-order valence-corrected chi connectivity index (χ4v) is 5.56.